The minimum absolute atomic E-state index is 0.0556. The maximum Gasteiger partial charge on any atom is 0.282 e. The molecule has 184 valence electrons. The molecular formula is C26H21BrClFN4O3. The summed E-state index contributed by atoms with van der Waals surface area (Å²) >= 11 is 9.56. The molecular weight excluding hydrogens is 551 g/mol. The maximum absolute atomic E-state index is 13.8. The van der Waals surface area contributed by atoms with E-state index in [2.05, 4.69) is 31.3 Å². The number of nitrogens with one attached hydrogen (secondary N) is 1. The third-order valence-corrected chi connectivity index (χ3v) is 5.87. The summed E-state index contributed by atoms with van der Waals surface area (Å²) in [5, 5.41) is 7.69. The van der Waals surface area contributed by atoms with Gasteiger partial charge in [0.1, 0.15) is 17.4 Å². The van der Waals surface area contributed by atoms with Crippen molar-refractivity contribution in [1.82, 2.24) is 9.66 Å². The van der Waals surface area contributed by atoms with Gasteiger partial charge in [0.25, 0.3) is 11.5 Å². The average Bonchev–Trinajstić information content (AvgIpc) is 2.84. The van der Waals surface area contributed by atoms with Gasteiger partial charge < -0.3 is 10.1 Å². The number of para-hydroxylation sites is 1. The SMILES string of the molecule is CC(C)c1nc2ccc(Br)cc2c(=O)n1N=Cc1cc(Cl)ccc1OCC(=O)Nc1ccccc1F. The van der Waals surface area contributed by atoms with Gasteiger partial charge in [0.15, 0.2) is 6.61 Å². The number of hydrogen-bond acceptors (Lipinski definition) is 5. The largest absolute Gasteiger partial charge is 0.483 e. The van der Waals surface area contributed by atoms with Crippen LogP contribution >= 0.6 is 27.5 Å². The predicted octanol–water partition coefficient (Wildman–Crippen LogP) is 5.97. The molecule has 1 aromatic heterocycles. The first-order valence-corrected chi connectivity index (χ1v) is 12.1. The highest BCUT2D eigenvalue weighted by Gasteiger charge is 2.15. The van der Waals surface area contributed by atoms with Crippen LogP contribution in [0, 0.1) is 5.82 Å². The Morgan fingerprint density at radius 2 is 2.00 bits per heavy atom. The van der Waals surface area contributed by atoms with Crippen LogP contribution in [0.25, 0.3) is 10.9 Å². The van der Waals surface area contributed by atoms with Gasteiger partial charge in [-0.3, -0.25) is 9.59 Å². The molecule has 0 radical (unpaired) electrons. The minimum atomic E-state index is -0.549. The second kappa shape index (κ2) is 11.0. The molecule has 7 nitrogen and oxygen atoms in total. The van der Waals surface area contributed by atoms with Crippen LogP contribution in [0.15, 0.2) is 75.0 Å². The molecule has 0 spiro atoms. The Kier molecular flexibility index (Phi) is 7.81. The molecule has 1 amide bonds. The number of carbonyl (C=O) groups is 1. The van der Waals surface area contributed by atoms with E-state index in [1.807, 2.05) is 19.9 Å². The summed E-state index contributed by atoms with van der Waals surface area (Å²) in [4.78, 5) is 30.2. The number of nitrogens with zero attached hydrogens (tertiary/aromatic N) is 3. The molecule has 0 unspecified atom stereocenters. The molecule has 0 saturated carbocycles. The van der Waals surface area contributed by atoms with Crippen LogP contribution in [-0.2, 0) is 4.79 Å². The smallest absolute Gasteiger partial charge is 0.282 e. The first-order valence-electron chi connectivity index (χ1n) is 11.0. The van der Waals surface area contributed by atoms with E-state index in [1.165, 1.54) is 29.1 Å². The first-order chi connectivity index (χ1) is 17.2. The summed E-state index contributed by atoms with van der Waals surface area (Å²) < 4.78 is 21.5. The van der Waals surface area contributed by atoms with E-state index in [9.17, 15) is 14.0 Å². The lowest BCUT2D eigenvalue weighted by atomic mass is 10.2. The van der Waals surface area contributed by atoms with E-state index >= 15 is 0 Å². The molecule has 36 heavy (non-hydrogen) atoms. The number of benzene rings is 3. The second-order valence-corrected chi connectivity index (χ2v) is 9.50. The van der Waals surface area contributed by atoms with E-state index in [4.69, 9.17) is 16.3 Å². The van der Waals surface area contributed by atoms with Crippen molar-refractivity contribution in [3.05, 3.63) is 97.7 Å². The van der Waals surface area contributed by atoms with Crippen molar-refractivity contribution < 1.29 is 13.9 Å². The van der Waals surface area contributed by atoms with Crippen LogP contribution in [0.5, 0.6) is 5.75 Å². The number of carbonyl (C=O) groups excluding carboxylic acids is 1. The lowest BCUT2D eigenvalue weighted by Gasteiger charge is -2.13. The fourth-order valence-corrected chi connectivity index (χ4v) is 3.96. The summed E-state index contributed by atoms with van der Waals surface area (Å²) in [7, 11) is 0. The number of halogens is 3. The lowest BCUT2D eigenvalue weighted by molar-refractivity contribution is -0.118. The first kappa shape index (κ1) is 25.5. The van der Waals surface area contributed by atoms with Crippen LogP contribution in [0.2, 0.25) is 5.02 Å². The molecule has 4 aromatic rings. The summed E-state index contributed by atoms with van der Waals surface area (Å²) in [6.45, 7) is 3.46. The molecule has 0 atom stereocenters. The molecule has 4 rings (SSSR count). The van der Waals surface area contributed by atoms with Gasteiger partial charge in [-0.2, -0.15) is 9.78 Å². The van der Waals surface area contributed by atoms with Crippen LogP contribution in [0.4, 0.5) is 10.1 Å². The summed E-state index contributed by atoms with van der Waals surface area (Å²) in [5.41, 5.74) is 0.748. The summed E-state index contributed by atoms with van der Waals surface area (Å²) in [5.74, 6) is -0.379. The summed E-state index contributed by atoms with van der Waals surface area (Å²) in [6, 6.07) is 15.9. The van der Waals surface area contributed by atoms with Gasteiger partial charge in [-0.25, -0.2) is 9.37 Å². The number of rotatable bonds is 7. The highest BCUT2D eigenvalue weighted by Crippen LogP contribution is 2.23. The van der Waals surface area contributed by atoms with E-state index in [0.29, 0.717) is 33.1 Å². The van der Waals surface area contributed by atoms with Crippen molar-refractivity contribution in [3.63, 3.8) is 0 Å². The van der Waals surface area contributed by atoms with Crippen molar-refractivity contribution in [1.29, 1.82) is 0 Å². The normalized spacial score (nSPS) is 11.4. The Morgan fingerprint density at radius 1 is 1.22 bits per heavy atom. The molecule has 0 aliphatic heterocycles. The van der Waals surface area contributed by atoms with Crippen molar-refractivity contribution in [2.75, 3.05) is 11.9 Å². The fraction of sp³-hybridized carbons (Fsp3) is 0.154. The van der Waals surface area contributed by atoms with Crippen molar-refractivity contribution in [3.8, 4) is 5.75 Å². The zero-order valence-electron chi connectivity index (χ0n) is 19.3. The highest BCUT2D eigenvalue weighted by molar-refractivity contribution is 9.10. The Hall–Kier alpha value is -3.56. The molecule has 0 aliphatic carbocycles. The molecule has 0 bridgehead atoms. The number of amides is 1. The zero-order chi connectivity index (χ0) is 25.8. The van der Waals surface area contributed by atoms with Crippen LogP contribution in [0.3, 0.4) is 0 Å². The van der Waals surface area contributed by atoms with E-state index in [0.717, 1.165) is 4.47 Å². The van der Waals surface area contributed by atoms with E-state index < -0.39 is 11.7 Å². The van der Waals surface area contributed by atoms with Crippen LogP contribution in [0.1, 0.15) is 31.2 Å². The number of anilines is 1. The third kappa shape index (κ3) is 5.80. The molecule has 0 fully saturated rings. The standard InChI is InChI=1S/C26H21BrClFN4O3/c1-15(2)25-32-21-9-7-17(27)12-19(21)26(35)33(25)30-13-16-11-18(28)8-10-23(16)36-14-24(34)31-22-6-4-3-5-20(22)29/h3-13,15H,14H2,1-2H3,(H,31,34). The second-order valence-electron chi connectivity index (χ2n) is 8.15. The Balaban J connectivity index is 1.63. The topological polar surface area (TPSA) is 85.6 Å². The Labute approximate surface area is 219 Å². The quantitative estimate of drug-likeness (QED) is 0.277. The highest BCUT2D eigenvalue weighted by atomic mass is 79.9. The zero-order valence-corrected chi connectivity index (χ0v) is 21.7. The molecule has 1 N–H and O–H groups in total. The number of aromatic nitrogens is 2. The lowest BCUT2D eigenvalue weighted by Crippen LogP contribution is -2.23. The van der Waals surface area contributed by atoms with Crippen molar-refractivity contribution >= 4 is 56.2 Å². The number of ether oxygens (including phenoxy) is 1. The van der Waals surface area contributed by atoms with Gasteiger partial charge in [0.05, 0.1) is 22.8 Å². The Bertz CT molecular complexity index is 1540. The maximum atomic E-state index is 13.8. The Morgan fingerprint density at radius 3 is 2.75 bits per heavy atom. The van der Waals surface area contributed by atoms with E-state index in [-0.39, 0.29) is 23.8 Å². The van der Waals surface area contributed by atoms with Gasteiger partial charge >= 0.3 is 0 Å². The summed E-state index contributed by atoms with van der Waals surface area (Å²) in [6.07, 6.45) is 1.43. The predicted molar refractivity (Wildman–Crippen MR) is 143 cm³/mol. The van der Waals surface area contributed by atoms with Gasteiger partial charge in [0, 0.05) is 21.0 Å². The number of fused-ring (bicyclic) bond motifs is 1. The molecule has 1 heterocycles. The van der Waals surface area contributed by atoms with Gasteiger partial charge in [0.2, 0.25) is 0 Å². The van der Waals surface area contributed by atoms with Crippen LogP contribution < -0.4 is 15.6 Å². The monoisotopic (exact) mass is 570 g/mol. The van der Waals surface area contributed by atoms with Crippen molar-refractivity contribution in [2.24, 2.45) is 5.10 Å². The van der Waals surface area contributed by atoms with Gasteiger partial charge in [-0.1, -0.05) is 53.5 Å². The average molecular weight is 572 g/mol. The fourth-order valence-electron chi connectivity index (χ4n) is 3.41. The minimum Gasteiger partial charge on any atom is -0.483 e. The van der Waals surface area contributed by atoms with Gasteiger partial charge in [-0.05, 0) is 48.5 Å². The molecule has 0 saturated heterocycles. The molecule has 0 aliphatic rings. The van der Waals surface area contributed by atoms with E-state index in [1.54, 1.807) is 36.4 Å². The third-order valence-electron chi connectivity index (χ3n) is 5.14. The van der Waals surface area contributed by atoms with Crippen LogP contribution in [-0.4, -0.2) is 28.4 Å². The molecule has 10 heteroatoms. The number of hydrogen-bond donors (Lipinski definition) is 1. The van der Waals surface area contributed by atoms with Gasteiger partial charge in [-0.15, -0.1) is 0 Å². The molecule has 3 aromatic carbocycles. The van der Waals surface area contributed by atoms with Crippen molar-refractivity contribution in [2.45, 2.75) is 19.8 Å².